The van der Waals surface area contributed by atoms with Crippen LogP contribution in [0.15, 0.2) is 0 Å². The molecule has 5 heteroatoms. The van der Waals surface area contributed by atoms with Crippen molar-refractivity contribution in [3.63, 3.8) is 0 Å². The van der Waals surface area contributed by atoms with Gasteiger partial charge in [-0.1, -0.05) is 33.6 Å². The number of piperidine rings is 1. The van der Waals surface area contributed by atoms with Crippen molar-refractivity contribution in [2.45, 2.75) is 85.0 Å². The van der Waals surface area contributed by atoms with Gasteiger partial charge in [-0.15, -0.1) is 0 Å². The Morgan fingerprint density at radius 1 is 0.774 bits per heavy atom. The zero-order chi connectivity index (χ0) is 22.6. The van der Waals surface area contributed by atoms with Crippen LogP contribution in [0.1, 0.15) is 85.0 Å². The third-order valence-electron chi connectivity index (χ3n) is 7.74. The van der Waals surface area contributed by atoms with Crippen LogP contribution in [0, 0.1) is 17.8 Å². The largest absolute Gasteiger partial charge is 0.342 e. The van der Waals surface area contributed by atoms with Gasteiger partial charge in [0.15, 0.2) is 0 Å². The molecule has 0 bridgehead atoms. The molecule has 31 heavy (non-hydrogen) atoms. The minimum absolute atomic E-state index is 0.177. The fraction of sp³-hybridized carbons (Fsp3) is 0.923. The number of likely N-dealkylation sites (tertiary alicyclic amines) is 1. The van der Waals surface area contributed by atoms with Gasteiger partial charge in [0.1, 0.15) is 5.78 Å². The summed E-state index contributed by atoms with van der Waals surface area (Å²) in [4.78, 5) is 32.0. The van der Waals surface area contributed by atoms with Gasteiger partial charge in [-0.2, -0.15) is 0 Å². The molecule has 2 heterocycles. The number of ketones is 1. The summed E-state index contributed by atoms with van der Waals surface area (Å²) in [6, 6.07) is 0. The van der Waals surface area contributed by atoms with Gasteiger partial charge in [-0.3, -0.25) is 9.59 Å². The third kappa shape index (κ3) is 8.49. The van der Waals surface area contributed by atoms with Crippen molar-refractivity contribution >= 4 is 11.7 Å². The molecular formula is C26H49N3O2. The number of carbonyl (C=O) groups excluding carboxylic acids is 2. The van der Waals surface area contributed by atoms with Gasteiger partial charge in [-0.05, 0) is 64.5 Å². The highest BCUT2D eigenvalue weighted by Crippen LogP contribution is 2.32. The van der Waals surface area contributed by atoms with E-state index in [1.165, 1.54) is 64.8 Å². The van der Waals surface area contributed by atoms with Crippen LogP contribution >= 0.6 is 0 Å². The molecule has 0 atom stereocenters. The topological polar surface area (TPSA) is 43.9 Å². The maximum Gasteiger partial charge on any atom is 0.225 e. The molecule has 0 aromatic carbocycles. The van der Waals surface area contributed by atoms with E-state index in [1.807, 2.05) is 20.8 Å². The van der Waals surface area contributed by atoms with Gasteiger partial charge in [0.25, 0.3) is 0 Å². The first kappa shape index (κ1) is 26.3. The summed E-state index contributed by atoms with van der Waals surface area (Å²) < 4.78 is 0. The number of piperazine rings is 1. The number of Topliss-reactive ketones (excluding diaryl/α,β-unsaturated/α-hetero) is 1. The lowest BCUT2D eigenvalue weighted by Crippen LogP contribution is -2.44. The van der Waals surface area contributed by atoms with Gasteiger partial charge in [0, 0.05) is 57.5 Å². The van der Waals surface area contributed by atoms with E-state index in [-0.39, 0.29) is 11.8 Å². The molecule has 2 aliphatic heterocycles. The molecule has 0 spiro atoms. The van der Waals surface area contributed by atoms with Crippen molar-refractivity contribution in [3.8, 4) is 0 Å². The third-order valence-corrected chi connectivity index (χ3v) is 7.74. The van der Waals surface area contributed by atoms with Crippen molar-refractivity contribution in [2.24, 2.45) is 17.8 Å². The van der Waals surface area contributed by atoms with Gasteiger partial charge < -0.3 is 14.7 Å². The van der Waals surface area contributed by atoms with Crippen LogP contribution in [0.2, 0.25) is 0 Å². The van der Waals surface area contributed by atoms with Crippen LogP contribution in [0.4, 0.5) is 0 Å². The second-order valence-electron chi connectivity index (χ2n) is 9.78. The monoisotopic (exact) mass is 435 g/mol. The molecule has 0 N–H and O–H groups in total. The number of carbonyl (C=O) groups is 2. The SMILES string of the molecule is CC.CCC(=O)C1CCC(C(=O)N2CCC(CCCCN3CCN(C)CC3)CC2)CC1. The van der Waals surface area contributed by atoms with Crippen molar-refractivity contribution in [2.75, 3.05) is 52.9 Å². The maximum atomic E-state index is 12.9. The molecule has 3 aliphatic rings. The average Bonchev–Trinajstić information content (AvgIpc) is 2.84. The molecular weight excluding hydrogens is 386 g/mol. The number of hydrogen-bond acceptors (Lipinski definition) is 4. The molecule has 0 aromatic rings. The lowest BCUT2D eigenvalue weighted by atomic mass is 9.78. The number of hydrogen-bond donors (Lipinski definition) is 0. The number of amides is 1. The average molecular weight is 436 g/mol. The van der Waals surface area contributed by atoms with E-state index in [4.69, 9.17) is 0 Å². The summed E-state index contributed by atoms with van der Waals surface area (Å²) in [6.07, 6.45) is 10.7. The van der Waals surface area contributed by atoms with Crippen molar-refractivity contribution in [1.82, 2.24) is 14.7 Å². The molecule has 3 fully saturated rings. The zero-order valence-electron chi connectivity index (χ0n) is 20.9. The molecule has 3 rings (SSSR count). The minimum Gasteiger partial charge on any atom is -0.342 e. The maximum absolute atomic E-state index is 12.9. The second-order valence-corrected chi connectivity index (χ2v) is 9.78. The number of nitrogens with zero attached hydrogens (tertiary/aromatic N) is 3. The van der Waals surface area contributed by atoms with Crippen LogP contribution in [0.25, 0.3) is 0 Å². The van der Waals surface area contributed by atoms with Crippen molar-refractivity contribution < 1.29 is 9.59 Å². The van der Waals surface area contributed by atoms with Crippen molar-refractivity contribution in [3.05, 3.63) is 0 Å². The lowest BCUT2D eigenvalue weighted by Gasteiger charge is -2.36. The zero-order valence-corrected chi connectivity index (χ0v) is 20.9. The highest BCUT2D eigenvalue weighted by atomic mass is 16.2. The van der Waals surface area contributed by atoms with Gasteiger partial charge in [0.05, 0.1) is 0 Å². The first-order chi connectivity index (χ1) is 15.1. The van der Waals surface area contributed by atoms with E-state index in [1.54, 1.807) is 0 Å². The van der Waals surface area contributed by atoms with Crippen molar-refractivity contribution in [1.29, 1.82) is 0 Å². The van der Waals surface area contributed by atoms with Crippen LogP contribution in [0.5, 0.6) is 0 Å². The Morgan fingerprint density at radius 3 is 1.94 bits per heavy atom. The van der Waals surface area contributed by atoms with E-state index in [0.29, 0.717) is 18.1 Å². The Labute approximate surface area is 191 Å². The normalized spacial score (nSPS) is 26.3. The summed E-state index contributed by atoms with van der Waals surface area (Å²) in [5, 5.41) is 0. The quantitative estimate of drug-likeness (QED) is 0.528. The minimum atomic E-state index is 0.177. The predicted molar refractivity (Wildman–Crippen MR) is 129 cm³/mol. The summed E-state index contributed by atoms with van der Waals surface area (Å²) in [5.74, 6) is 1.98. The van der Waals surface area contributed by atoms with Crippen LogP contribution in [0.3, 0.4) is 0 Å². The van der Waals surface area contributed by atoms with E-state index in [0.717, 1.165) is 44.7 Å². The molecule has 1 amide bonds. The Kier molecular flexibility index (Phi) is 12.1. The Bertz CT molecular complexity index is 515. The number of likely N-dealkylation sites (N-methyl/N-ethyl adjacent to an activating group) is 1. The Balaban J connectivity index is 0.00000166. The standard InChI is InChI=1S/C24H43N3O2.C2H6/c1-3-23(28)21-7-9-22(10-8-21)24(29)27-14-11-20(12-15-27)6-4-5-13-26-18-16-25(2)17-19-26;1-2/h20-22H,3-19H2,1-2H3;1-2H3. The number of unbranched alkanes of at least 4 members (excludes halogenated alkanes) is 1. The molecule has 1 aliphatic carbocycles. The molecule has 1 saturated carbocycles. The molecule has 0 aromatic heterocycles. The van der Waals surface area contributed by atoms with E-state index < -0.39 is 0 Å². The predicted octanol–water partition coefficient (Wildman–Crippen LogP) is 4.45. The lowest BCUT2D eigenvalue weighted by molar-refractivity contribution is -0.139. The molecule has 0 radical (unpaired) electrons. The fourth-order valence-electron chi connectivity index (χ4n) is 5.49. The molecule has 2 saturated heterocycles. The summed E-state index contributed by atoms with van der Waals surface area (Å²) in [5.41, 5.74) is 0. The second kappa shape index (κ2) is 14.3. The van der Waals surface area contributed by atoms with E-state index in [9.17, 15) is 9.59 Å². The van der Waals surface area contributed by atoms with Gasteiger partial charge in [0.2, 0.25) is 5.91 Å². The highest BCUT2D eigenvalue weighted by molar-refractivity contribution is 5.82. The van der Waals surface area contributed by atoms with E-state index >= 15 is 0 Å². The van der Waals surface area contributed by atoms with Gasteiger partial charge >= 0.3 is 0 Å². The first-order valence-corrected chi connectivity index (χ1v) is 13.3. The highest BCUT2D eigenvalue weighted by Gasteiger charge is 2.32. The Hall–Kier alpha value is -0.940. The first-order valence-electron chi connectivity index (χ1n) is 13.3. The smallest absolute Gasteiger partial charge is 0.225 e. The van der Waals surface area contributed by atoms with Gasteiger partial charge in [-0.25, -0.2) is 0 Å². The molecule has 0 unspecified atom stereocenters. The fourth-order valence-corrected chi connectivity index (χ4v) is 5.49. The van der Waals surface area contributed by atoms with Crippen LogP contribution in [-0.4, -0.2) is 79.3 Å². The number of rotatable bonds is 8. The summed E-state index contributed by atoms with van der Waals surface area (Å²) in [6.45, 7) is 14.0. The molecule has 180 valence electrons. The summed E-state index contributed by atoms with van der Waals surface area (Å²) >= 11 is 0. The van der Waals surface area contributed by atoms with Crippen LogP contribution < -0.4 is 0 Å². The summed E-state index contributed by atoms with van der Waals surface area (Å²) in [7, 11) is 2.22. The van der Waals surface area contributed by atoms with Crippen LogP contribution in [-0.2, 0) is 9.59 Å². The van der Waals surface area contributed by atoms with E-state index in [2.05, 4.69) is 21.7 Å². The Morgan fingerprint density at radius 2 is 1.35 bits per heavy atom. The molecule has 5 nitrogen and oxygen atoms in total.